The number of nitrogens with one attached hydrogen (secondary N) is 6. The third-order valence-corrected chi connectivity index (χ3v) is 7.53. The molecule has 0 aromatic heterocycles. The molecule has 0 saturated carbocycles. The van der Waals surface area contributed by atoms with E-state index in [-0.39, 0.29) is 37.0 Å². The second-order valence-electron chi connectivity index (χ2n) is 12.0. The summed E-state index contributed by atoms with van der Waals surface area (Å²) < 4.78 is 5.19. The van der Waals surface area contributed by atoms with Gasteiger partial charge < -0.3 is 36.4 Å². The molecule has 0 aliphatic carbocycles. The van der Waals surface area contributed by atoms with Crippen LogP contribution >= 0.6 is 11.8 Å². The van der Waals surface area contributed by atoms with Crippen molar-refractivity contribution in [2.45, 2.75) is 102 Å². The summed E-state index contributed by atoms with van der Waals surface area (Å²) >= 11 is 1.34. The predicted molar refractivity (Wildman–Crippen MR) is 181 cm³/mol. The minimum Gasteiger partial charge on any atom is -0.459 e. The van der Waals surface area contributed by atoms with Crippen molar-refractivity contribution < 1.29 is 43.4 Å². The number of hydrogen-bond donors (Lipinski definition) is 7. The Hall–Kier alpha value is -4.09. The molecule has 16 nitrogen and oxygen atoms in total. The summed E-state index contributed by atoms with van der Waals surface area (Å²) in [6, 6.07) is -4.47. The zero-order valence-corrected chi connectivity index (χ0v) is 29.3. The third kappa shape index (κ3) is 16.6. The van der Waals surface area contributed by atoms with E-state index in [0.29, 0.717) is 5.57 Å². The van der Waals surface area contributed by atoms with Crippen LogP contribution in [0.1, 0.15) is 61.3 Å². The Kier molecular flexibility index (Phi) is 17.7. The maximum absolute atomic E-state index is 13.0. The van der Waals surface area contributed by atoms with Gasteiger partial charge in [-0.05, 0) is 47.6 Å². The fraction of sp³-hybridized carbons (Fsp3) is 0.613. The molecular formula is C31H49N7O9S. The lowest BCUT2D eigenvalue weighted by Crippen LogP contribution is -2.57. The van der Waals surface area contributed by atoms with E-state index in [4.69, 9.17) is 9.84 Å². The zero-order valence-electron chi connectivity index (χ0n) is 28.5. The minimum absolute atomic E-state index is 0.0722. The van der Waals surface area contributed by atoms with Gasteiger partial charge in [-0.2, -0.15) is 0 Å². The summed E-state index contributed by atoms with van der Waals surface area (Å²) in [5.41, 5.74) is -0.820. The average molecular weight is 696 g/mol. The molecule has 7 N–H and O–H groups in total. The van der Waals surface area contributed by atoms with Crippen LogP contribution in [0, 0.1) is 0 Å². The highest BCUT2D eigenvalue weighted by Crippen LogP contribution is 2.21. The van der Waals surface area contributed by atoms with Crippen molar-refractivity contribution in [3.8, 4) is 0 Å². The number of carbonyl (C=O) groups excluding carboxylic acids is 7. The predicted octanol–water partition coefficient (Wildman–Crippen LogP) is -1.02. The SMILES string of the molecule is C=C(/C=C\C(=O)CC)CC(NC(=O)C(C)NC(=O)C(C)NC(=O)C(C)NC(=O)CNC1N=CC(CO)S1)C(=O)NCC(=O)OC(C)(C)C. The number of aliphatic hydroxyl groups is 1. The Morgan fingerprint density at radius 1 is 0.896 bits per heavy atom. The molecule has 5 amide bonds. The van der Waals surface area contributed by atoms with Crippen molar-refractivity contribution in [1.82, 2.24) is 31.9 Å². The molecule has 0 saturated heterocycles. The van der Waals surface area contributed by atoms with E-state index in [9.17, 15) is 33.6 Å². The fourth-order valence-corrected chi connectivity index (χ4v) is 4.65. The molecular weight excluding hydrogens is 646 g/mol. The number of ketones is 1. The van der Waals surface area contributed by atoms with Crippen molar-refractivity contribution in [3.05, 3.63) is 24.3 Å². The molecule has 0 bridgehead atoms. The molecule has 1 rings (SSSR count). The van der Waals surface area contributed by atoms with Crippen LogP contribution in [0.5, 0.6) is 0 Å². The van der Waals surface area contributed by atoms with Crippen molar-refractivity contribution in [1.29, 1.82) is 0 Å². The molecule has 268 valence electrons. The molecule has 1 heterocycles. The van der Waals surface area contributed by atoms with Gasteiger partial charge in [0.1, 0.15) is 41.8 Å². The number of nitrogens with zero attached hydrogens (tertiary/aromatic N) is 1. The maximum Gasteiger partial charge on any atom is 0.325 e. The number of allylic oxidation sites excluding steroid dienone is 2. The largest absolute Gasteiger partial charge is 0.459 e. The minimum atomic E-state index is -1.22. The Morgan fingerprint density at radius 2 is 1.46 bits per heavy atom. The van der Waals surface area contributed by atoms with Crippen LogP contribution in [0.4, 0.5) is 0 Å². The number of aliphatic imine (C=N–C) groups is 1. The molecule has 0 aromatic rings. The summed E-state index contributed by atoms with van der Waals surface area (Å²) in [5, 5.41) is 24.3. The van der Waals surface area contributed by atoms with Crippen LogP contribution < -0.4 is 31.9 Å². The normalized spacial score (nSPS) is 18.2. The Labute approximate surface area is 285 Å². The lowest BCUT2D eigenvalue weighted by atomic mass is 10.0. The first-order valence-electron chi connectivity index (χ1n) is 15.5. The Morgan fingerprint density at radius 3 is 1.98 bits per heavy atom. The number of aliphatic hydroxyl groups excluding tert-OH is 1. The van der Waals surface area contributed by atoms with E-state index in [1.807, 2.05) is 0 Å². The van der Waals surface area contributed by atoms with Crippen molar-refractivity contribution in [2.75, 3.05) is 19.7 Å². The number of ether oxygens (including phenoxy) is 1. The van der Waals surface area contributed by atoms with Gasteiger partial charge in [-0.3, -0.25) is 43.9 Å². The molecule has 1 aliphatic heterocycles. The number of rotatable bonds is 19. The van der Waals surface area contributed by atoms with Crippen molar-refractivity contribution in [2.24, 2.45) is 4.99 Å². The number of hydrogen-bond acceptors (Lipinski definition) is 12. The molecule has 1 aliphatic rings. The van der Waals surface area contributed by atoms with Gasteiger partial charge in [0.05, 0.1) is 18.4 Å². The van der Waals surface area contributed by atoms with Crippen LogP contribution in [-0.2, 0) is 38.3 Å². The first-order chi connectivity index (χ1) is 22.3. The summed E-state index contributed by atoms with van der Waals surface area (Å²) in [5.74, 6) is -4.16. The van der Waals surface area contributed by atoms with Gasteiger partial charge in [0.2, 0.25) is 29.5 Å². The Bertz CT molecular complexity index is 1270. The second-order valence-corrected chi connectivity index (χ2v) is 13.3. The zero-order chi connectivity index (χ0) is 36.6. The molecule has 48 heavy (non-hydrogen) atoms. The Balaban J connectivity index is 2.72. The van der Waals surface area contributed by atoms with Crippen molar-refractivity contribution in [3.63, 3.8) is 0 Å². The van der Waals surface area contributed by atoms with Gasteiger partial charge in [-0.1, -0.05) is 25.2 Å². The van der Waals surface area contributed by atoms with E-state index < -0.39 is 77.3 Å². The summed E-state index contributed by atoms with van der Waals surface area (Å²) in [6.07, 6.45) is 4.48. The lowest BCUT2D eigenvalue weighted by Gasteiger charge is -2.24. The summed E-state index contributed by atoms with van der Waals surface area (Å²) in [6.45, 7) is 14.1. The molecule has 0 fully saturated rings. The van der Waals surface area contributed by atoms with Crippen LogP contribution in [0.25, 0.3) is 0 Å². The number of esters is 1. The number of thioether (sulfide) groups is 1. The van der Waals surface area contributed by atoms with E-state index in [0.717, 1.165) is 0 Å². The molecule has 17 heteroatoms. The topological polar surface area (TPSA) is 233 Å². The third-order valence-electron chi connectivity index (χ3n) is 6.36. The van der Waals surface area contributed by atoms with Gasteiger partial charge in [0.25, 0.3) is 0 Å². The molecule has 6 unspecified atom stereocenters. The van der Waals surface area contributed by atoms with Gasteiger partial charge in [0.15, 0.2) is 5.78 Å². The van der Waals surface area contributed by atoms with E-state index >= 15 is 0 Å². The quantitative estimate of drug-likeness (QED) is 0.0491. The van der Waals surface area contributed by atoms with Crippen LogP contribution in [0.15, 0.2) is 29.3 Å². The highest BCUT2D eigenvalue weighted by molar-refractivity contribution is 8.01. The monoisotopic (exact) mass is 695 g/mol. The van der Waals surface area contributed by atoms with Gasteiger partial charge >= 0.3 is 5.97 Å². The molecule has 0 aromatic carbocycles. The maximum atomic E-state index is 13.0. The van der Waals surface area contributed by atoms with E-state index in [2.05, 4.69) is 43.5 Å². The molecule has 6 atom stereocenters. The number of amides is 5. The van der Waals surface area contributed by atoms with Crippen molar-refractivity contribution >= 4 is 59.3 Å². The standard InChI is InChI=1S/C31H49N7O9S/c1-9-21(40)11-10-17(2)12-23(29(46)32-15-25(42)47-31(6,7)8)38-28(45)20(5)37-27(44)19(4)36-26(43)18(3)35-24(41)14-34-30-33-13-22(16-39)48-30/h10-11,13,18-20,22-23,30,34,39H,2,9,12,14-16H2,1,3-8H3,(H,32,46)(H,35,41)(H,36,43)(H,37,44)(H,38,45)/b11-10-. The first kappa shape index (κ1) is 41.9. The first-order valence-corrected chi connectivity index (χ1v) is 16.4. The average Bonchev–Trinajstić information content (AvgIpc) is 3.48. The summed E-state index contributed by atoms with van der Waals surface area (Å²) in [7, 11) is 0. The highest BCUT2D eigenvalue weighted by Gasteiger charge is 2.28. The molecule has 0 spiro atoms. The highest BCUT2D eigenvalue weighted by atomic mass is 32.2. The van der Waals surface area contributed by atoms with Gasteiger partial charge in [-0.25, -0.2) is 0 Å². The van der Waals surface area contributed by atoms with E-state index in [1.165, 1.54) is 44.7 Å². The van der Waals surface area contributed by atoms with E-state index in [1.54, 1.807) is 33.9 Å². The second kappa shape index (κ2) is 20.3. The van der Waals surface area contributed by atoms with Gasteiger partial charge in [0, 0.05) is 19.1 Å². The summed E-state index contributed by atoms with van der Waals surface area (Å²) in [4.78, 5) is 91.5. The smallest absolute Gasteiger partial charge is 0.325 e. The van der Waals surface area contributed by atoms with Gasteiger partial charge in [-0.15, -0.1) is 11.8 Å². The van der Waals surface area contributed by atoms with Crippen LogP contribution in [-0.4, -0.2) is 113 Å². The molecule has 0 radical (unpaired) electrons. The van der Waals surface area contributed by atoms with Crippen LogP contribution in [0.2, 0.25) is 0 Å². The lowest BCUT2D eigenvalue weighted by molar-refractivity contribution is -0.154. The number of carbonyl (C=O) groups is 7. The fourth-order valence-electron chi connectivity index (χ4n) is 3.77. The van der Waals surface area contributed by atoms with Crippen LogP contribution in [0.3, 0.4) is 0 Å².